The number of rotatable bonds is 2. The molecule has 1 aliphatic carbocycles. The van der Waals surface area contributed by atoms with E-state index in [-0.39, 0.29) is 5.91 Å². The van der Waals surface area contributed by atoms with E-state index in [1.54, 1.807) is 0 Å². The third-order valence-corrected chi connectivity index (χ3v) is 4.16. The van der Waals surface area contributed by atoms with E-state index in [1.807, 2.05) is 18.2 Å². The molecule has 1 fully saturated rings. The summed E-state index contributed by atoms with van der Waals surface area (Å²) >= 11 is 6.75. The molecule has 4 heteroatoms. The predicted octanol–water partition coefficient (Wildman–Crippen LogP) is 3.10. The highest BCUT2D eigenvalue weighted by Crippen LogP contribution is 2.27. The van der Waals surface area contributed by atoms with Crippen LogP contribution < -0.4 is 5.32 Å². The van der Waals surface area contributed by atoms with Gasteiger partial charge in [-0.25, -0.2) is 0 Å². The lowest BCUT2D eigenvalue weighted by atomic mass is 10.2. The molecule has 0 bridgehead atoms. The standard InChI is InChI=1S/C10H9Br2NO/c11-8-3-1-2-7(9(8)12)10(14)13-6-4-5-6/h1-3,6H,4-5H2,(H,13,14). The number of halogens is 2. The van der Waals surface area contributed by atoms with Gasteiger partial charge < -0.3 is 5.32 Å². The van der Waals surface area contributed by atoms with E-state index in [2.05, 4.69) is 37.2 Å². The Balaban J connectivity index is 2.21. The predicted molar refractivity (Wildman–Crippen MR) is 62.3 cm³/mol. The van der Waals surface area contributed by atoms with Crippen LogP contribution in [0.15, 0.2) is 27.1 Å². The monoisotopic (exact) mass is 317 g/mol. The van der Waals surface area contributed by atoms with Crippen LogP contribution in [-0.4, -0.2) is 11.9 Å². The molecule has 0 saturated heterocycles. The number of hydrogen-bond donors (Lipinski definition) is 1. The van der Waals surface area contributed by atoms with Crippen molar-refractivity contribution in [3.8, 4) is 0 Å². The highest BCUT2D eigenvalue weighted by atomic mass is 79.9. The summed E-state index contributed by atoms with van der Waals surface area (Å²) < 4.78 is 1.72. The SMILES string of the molecule is O=C(NC1CC1)c1cccc(Br)c1Br. The molecule has 1 aromatic carbocycles. The molecule has 2 nitrogen and oxygen atoms in total. The largest absolute Gasteiger partial charge is 0.349 e. The highest BCUT2D eigenvalue weighted by molar-refractivity contribution is 9.13. The average Bonchev–Trinajstić information content (AvgIpc) is 2.93. The number of benzene rings is 1. The zero-order valence-electron chi connectivity index (χ0n) is 7.39. The number of carbonyl (C=O) groups excluding carboxylic acids is 1. The van der Waals surface area contributed by atoms with Crippen LogP contribution in [0.4, 0.5) is 0 Å². The zero-order chi connectivity index (χ0) is 10.1. The number of carbonyl (C=O) groups is 1. The maximum atomic E-state index is 11.7. The molecule has 0 aliphatic heterocycles. The Morgan fingerprint density at radius 1 is 1.36 bits per heavy atom. The summed E-state index contributed by atoms with van der Waals surface area (Å²) in [5.74, 6) is 0.000625. The molecule has 14 heavy (non-hydrogen) atoms. The van der Waals surface area contributed by atoms with Crippen molar-refractivity contribution in [2.45, 2.75) is 18.9 Å². The molecule has 1 aliphatic rings. The minimum atomic E-state index is 0.000625. The van der Waals surface area contributed by atoms with Gasteiger partial charge in [0.15, 0.2) is 0 Å². The van der Waals surface area contributed by atoms with E-state index in [0.29, 0.717) is 11.6 Å². The smallest absolute Gasteiger partial charge is 0.252 e. The first-order valence-corrected chi connectivity index (χ1v) is 6.02. The molecule has 2 rings (SSSR count). The Morgan fingerprint density at radius 3 is 2.71 bits per heavy atom. The topological polar surface area (TPSA) is 29.1 Å². The second-order valence-electron chi connectivity index (χ2n) is 3.35. The summed E-state index contributed by atoms with van der Waals surface area (Å²) in [5, 5.41) is 2.95. The molecule has 0 radical (unpaired) electrons. The van der Waals surface area contributed by atoms with Crippen molar-refractivity contribution in [2.24, 2.45) is 0 Å². The lowest BCUT2D eigenvalue weighted by Gasteiger charge is -2.06. The Hall–Kier alpha value is -0.350. The Morgan fingerprint density at radius 2 is 2.07 bits per heavy atom. The zero-order valence-corrected chi connectivity index (χ0v) is 10.6. The third kappa shape index (κ3) is 2.17. The minimum Gasteiger partial charge on any atom is -0.349 e. The highest BCUT2D eigenvalue weighted by Gasteiger charge is 2.24. The van der Waals surface area contributed by atoms with Crippen LogP contribution in [0.5, 0.6) is 0 Å². The third-order valence-electron chi connectivity index (χ3n) is 2.11. The number of nitrogens with one attached hydrogen (secondary N) is 1. The van der Waals surface area contributed by atoms with Crippen molar-refractivity contribution in [3.63, 3.8) is 0 Å². The summed E-state index contributed by atoms with van der Waals surface area (Å²) in [6.45, 7) is 0. The lowest BCUT2D eigenvalue weighted by molar-refractivity contribution is 0.0950. The van der Waals surface area contributed by atoms with Gasteiger partial charge in [-0.3, -0.25) is 4.79 Å². The molecule has 0 heterocycles. The van der Waals surface area contributed by atoms with E-state index in [1.165, 1.54) is 0 Å². The van der Waals surface area contributed by atoms with Crippen LogP contribution in [0, 0.1) is 0 Å². The van der Waals surface area contributed by atoms with Crippen molar-refractivity contribution in [3.05, 3.63) is 32.7 Å². The molecule has 1 saturated carbocycles. The normalized spacial score (nSPS) is 15.3. The average molecular weight is 319 g/mol. The molecule has 0 unspecified atom stereocenters. The van der Waals surface area contributed by atoms with Crippen LogP contribution in [0.3, 0.4) is 0 Å². The number of amides is 1. The first-order valence-electron chi connectivity index (χ1n) is 4.43. The Labute approximate surface area is 99.3 Å². The summed E-state index contributed by atoms with van der Waals surface area (Å²) in [6, 6.07) is 5.97. The first kappa shape index (κ1) is 10.2. The quantitative estimate of drug-likeness (QED) is 0.892. The van der Waals surface area contributed by atoms with Gasteiger partial charge in [0.25, 0.3) is 5.91 Å². The van der Waals surface area contributed by atoms with Gasteiger partial charge >= 0.3 is 0 Å². The molecule has 0 atom stereocenters. The second kappa shape index (κ2) is 4.03. The van der Waals surface area contributed by atoms with Crippen LogP contribution >= 0.6 is 31.9 Å². The van der Waals surface area contributed by atoms with Crippen LogP contribution in [0.2, 0.25) is 0 Å². The second-order valence-corrected chi connectivity index (χ2v) is 5.00. The Bertz CT molecular complexity index is 374. The molecule has 1 amide bonds. The van der Waals surface area contributed by atoms with Gasteiger partial charge in [-0.2, -0.15) is 0 Å². The molecule has 0 spiro atoms. The van der Waals surface area contributed by atoms with E-state index < -0.39 is 0 Å². The fraction of sp³-hybridized carbons (Fsp3) is 0.300. The molecular formula is C10H9Br2NO. The van der Waals surface area contributed by atoms with Gasteiger partial charge in [0.1, 0.15) is 0 Å². The summed E-state index contributed by atoms with van der Waals surface area (Å²) in [4.78, 5) is 11.7. The molecule has 1 N–H and O–H groups in total. The van der Waals surface area contributed by atoms with E-state index in [9.17, 15) is 4.79 Å². The fourth-order valence-electron chi connectivity index (χ4n) is 1.17. The first-order chi connectivity index (χ1) is 6.68. The lowest BCUT2D eigenvalue weighted by Crippen LogP contribution is -2.25. The van der Waals surface area contributed by atoms with Gasteiger partial charge in [0.2, 0.25) is 0 Å². The van der Waals surface area contributed by atoms with Crippen molar-refractivity contribution in [1.82, 2.24) is 5.32 Å². The molecule has 0 aromatic heterocycles. The molecule has 74 valence electrons. The van der Waals surface area contributed by atoms with Crippen molar-refractivity contribution < 1.29 is 4.79 Å². The van der Waals surface area contributed by atoms with Crippen LogP contribution in [-0.2, 0) is 0 Å². The summed E-state index contributed by atoms with van der Waals surface area (Å²) in [6.07, 6.45) is 2.22. The maximum Gasteiger partial charge on any atom is 0.252 e. The van der Waals surface area contributed by atoms with E-state index in [0.717, 1.165) is 21.8 Å². The summed E-state index contributed by atoms with van der Waals surface area (Å²) in [7, 11) is 0. The summed E-state index contributed by atoms with van der Waals surface area (Å²) in [5.41, 5.74) is 0.686. The Kier molecular flexibility index (Phi) is 2.93. The van der Waals surface area contributed by atoms with Gasteiger partial charge in [-0.1, -0.05) is 6.07 Å². The maximum absolute atomic E-state index is 11.7. The van der Waals surface area contributed by atoms with E-state index in [4.69, 9.17) is 0 Å². The number of hydrogen-bond acceptors (Lipinski definition) is 1. The van der Waals surface area contributed by atoms with Crippen molar-refractivity contribution >= 4 is 37.8 Å². The fourth-order valence-corrected chi connectivity index (χ4v) is 1.98. The van der Waals surface area contributed by atoms with Crippen LogP contribution in [0.25, 0.3) is 0 Å². The van der Waals surface area contributed by atoms with Crippen molar-refractivity contribution in [2.75, 3.05) is 0 Å². The van der Waals surface area contributed by atoms with Gasteiger partial charge in [0, 0.05) is 15.0 Å². The molecule has 1 aromatic rings. The minimum absolute atomic E-state index is 0.000625. The van der Waals surface area contributed by atoms with Gasteiger partial charge in [0.05, 0.1) is 5.56 Å². The van der Waals surface area contributed by atoms with Crippen LogP contribution in [0.1, 0.15) is 23.2 Å². The van der Waals surface area contributed by atoms with Gasteiger partial charge in [-0.05, 0) is 56.8 Å². The molecular weight excluding hydrogens is 310 g/mol. The van der Waals surface area contributed by atoms with Crippen molar-refractivity contribution in [1.29, 1.82) is 0 Å². The van der Waals surface area contributed by atoms with E-state index >= 15 is 0 Å². The van der Waals surface area contributed by atoms with Gasteiger partial charge in [-0.15, -0.1) is 0 Å².